The molecule has 2 unspecified atom stereocenters. The summed E-state index contributed by atoms with van der Waals surface area (Å²) in [5.74, 6) is 8.00. The van der Waals surface area contributed by atoms with Crippen molar-refractivity contribution in [2.24, 2.45) is 11.7 Å². The lowest BCUT2D eigenvalue weighted by Crippen LogP contribution is -2.19. The van der Waals surface area contributed by atoms with E-state index in [1.165, 1.54) is 0 Å². The second kappa shape index (κ2) is 9.80. The maximum Gasteiger partial charge on any atom is 0.0779 e. The molecule has 0 radical (unpaired) electrons. The Hall–Kier alpha value is -0.200. The van der Waals surface area contributed by atoms with Crippen molar-refractivity contribution in [2.75, 3.05) is 13.2 Å². The molecule has 0 bridgehead atoms. The van der Waals surface area contributed by atoms with Crippen molar-refractivity contribution < 1.29 is 14.9 Å². The van der Waals surface area contributed by atoms with Gasteiger partial charge in [0.05, 0.1) is 25.4 Å². The van der Waals surface area contributed by atoms with E-state index in [1.54, 1.807) is 13.8 Å². The van der Waals surface area contributed by atoms with E-state index < -0.39 is 6.10 Å². The Bertz CT molecular complexity index is 70.8. The monoisotopic (exact) mass is 166 g/mol. The zero-order valence-electron chi connectivity index (χ0n) is 7.03. The highest BCUT2D eigenvalue weighted by molar-refractivity contribution is 4.47. The molecule has 0 fully saturated rings. The van der Waals surface area contributed by atoms with Crippen molar-refractivity contribution in [1.82, 2.24) is 0 Å². The molecule has 0 heterocycles. The van der Waals surface area contributed by atoms with Gasteiger partial charge in [-0.1, -0.05) is 0 Å². The zero-order valence-corrected chi connectivity index (χ0v) is 7.03. The molecule has 0 rings (SSSR count). The van der Waals surface area contributed by atoms with E-state index in [9.17, 15) is 0 Å². The minimum absolute atomic E-state index is 0.00667. The Morgan fingerprint density at radius 2 is 1.82 bits per heavy atom. The van der Waals surface area contributed by atoms with Crippen LogP contribution in [0.1, 0.15) is 13.8 Å². The molecule has 0 aromatic rings. The molecule has 0 aliphatic carbocycles. The molecule has 0 saturated heterocycles. The molecule has 11 heavy (non-hydrogen) atoms. The first-order valence-corrected chi connectivity index (χ1v) is 3.40. The van der Waals surface area contributed by atoms with Gasteiger partial charge >= 0.3 is 0 Å². The number of aliphatic hydroxyl groups is 2. The fraction of sp³-hybridized carbons (Fsp3) is 1.00. The topological polar surface area (TPSA) is 102 Å². The standard InChI is InChI=1S/C6H14O3.H4N2/c1-5(8)4-9-6(2)3-7;1-2/h5-8H,3-4H2,1-2H3;1-2H2. The number of hydrogen-bond acceptors (Lipinski definition) is 5. The summed E-state index contributed by atoms with van der Waals surface area (Å²) < 4.78 is 4.95. The molecule has 0 amide bonds. The van der Waals surface area contributed by atoms with Gasteiger partial charge in [0, 0.05) is 0 Å². The minimum Gasteiger partial charge on any atom is -0.394 e. The van der Waals surface area contributed by atoms with Crippen molar-refractivity contribution in [3.63, 3.8) is 0 Å². The molecule has 70 valence electrons. The lowest BCUT2D eigenvalue weighted by atomic mass is 10.4. The minimum atomic E-state index is -0.445. The number of rotatable bonds is 4. The number of ether oxygens (including phenoxy) is 1. The third kappa shape index (κ3) is 12.9. The highest BCUT2D eigenvalue weighted by atomic mass is 16.5. The Balaban J connectivity index is 0. The Kier molecular flexibility index (Phi) is 11.9. The van der Waals surface area contributed by atoms with Crippen molar-refractivity contribution in [3.8, 4) is 0 Å². The molecule has 0 aromatic carbocycles. The average molecular weight is 166 g/mol. The highest BCUT2D eigenvalue weighted by Crippen LogP contribution is 1.90. The third-order valence-electron chi connectivity index (χ3n) is 0.879. The van der Waals surface area contributed by atoms with Gasteiger partial charge in [-0.25, -0.2) is 0 Å². The first-order valence-electron chi connectivity index (χ1n) is 3.40. The largest absolute Gasteiger partial charge is 0.394 e. The lowest BCUT2D eigenvalue weighted by Gasteiger charge is -2.10. The second-order valence-electron chi connectivity index (χ2n) is 2.18. The van der Waals surface area contributed by atoms with Crippen LogP contribution in [0.4, 0.5) is 0 Å². The summed E-state index contributed by atoms with van der Waals surface area (Å²) in [5.41, 5.74) is 0. The molecule has 5 heteroatoms. The van der Waals surface area contributed by atoms with Crippen LogP contribution < -0.4 is 11.7 Å². The Morgan fingerprint density at radius 3 is 2.09 bits per heavy atom. The van der Waals surface area contributed by atoms with E-state index in [0.717, 1.165) is 0 Å². The predicted molar refractivity (Wildman–Crippen MR) is 42.6 cm³/mol. The van der Waals surface area contributed by atoms with E-state index in [4.69, 9.17) is 14.9 Å². The van der Waals surface area contributed by atoms with E-state index in [0.29, 0.717) is 6.61 Å². The summed E-state index contributed by atoms with van der Waals surface area (Å²) in [6.07, 6.45) is -0.612. The van der Waals surface area contributed by atoms with Crippen LogP contribution in [-0.4, -0.2) is 35.6 Å². The van der Waals surface area contributed by atoms with E-state index in [-0.39, 0.29) is 12.7 Å². The summed E-state index contributed by atoms with van der Waals surface area (Å²) in [4.78, 5) is 0. The van der Waals surface area contributed by atoms with Crippen molar-refractivity contribution in [3.05, 3.63) is 0 Å². The molecule has 0 saturated carbocycles. The molecule has 5 nitrogen and oxygen atoms in total. The maximum absolute atomic E-state index is 8.69. The number of nitrogens with two attached hydrogens (primary N) is 2. The molecular formula is C6H18N2O3. The molecule has 0 aromatic heterocycles. The first kappa shape index (κ1) is 13.4. The highest BCUT2D eigenvalue weighted by Gasteiger charge is 2.00. The molecular weight excluding hydrogens is 148 g/mol. The number of hydrogen-bond donors (Lipinski definition) is 4. The van der Waals surface area contributed by atoms with Crippen molar-refractivity contribution in [1.29, 1.82) is 0 Å². The van der Waals surface area contributed by atoms with Crippen LogP contribution in [0.3, 0.4) is 0 Å². The van der Waals surface area contributed by atoms with Gasteiger partial charge in [-0.05, 0) is 13.8 Å². The van der Waals surface area contributed by atoms with Gasteiger partial charge < -0.3 is 14.9 Å². The van der Waals surface area contributed by atoms with Crippen LogP contribution in [-0.2, 0) is 4.74 Å². The fourth-order valence-corrected chi connectivity index (χ4v) is 0.356. The summed E-state index contributed by atoms with van der Waals surface area (Å²) >= 11 is 0. The van der Waals surface area contributed by atoms with Gasteiger partial charge in [-0.3, -0.25) is 11.7 Å². The van der Waals surface area contributed by atoms with Gasteiger partial charge in [0.2, 0.25) is 0 Å². The average Bonchev–Trinajstić information content (AvgIpc) is 2.04. The molecule has 2 atom stereocenters. The SMILES string of the molecule is CC(O)COC(C)CO.NN. The summed E-state index contributed by atoms with van der Waals surface area (Å²) in [7, 11) is 0. The third-order valence-corrected chi connectivity index (χ3v) is 0.879. The Morgan fingerprint density at radius 1 is 1.36 bits per heavy atom. The summed E-state index contributed by atoms with van der Waals surface area (Å²) in [6.45, 7) is 3.70. The fourth-order valence-electron chi connectivity index (χ4n) is 0.356. The summed E-state index contributed by atoms with van der Waals surface area (Å²) in [6, 6.07) is 0. The van der Waals surface area contributed by atoms with E-state index in [2.05, 4.69) is 11.7 Å². The van der Waals surface area contributed by atoms with Crippen LogP contribution in [0.5, 0.6) is 0 Å². The molecule has 6 N–H and O–H groups in total. The first-order chi connectivity index (χ1) is 5.16. The number of hydrazine groups is 1. The van der Waals surface area contributed by atoms with Gasteiger partial charge in [-0.2, -0.15) is 0 Å². The van der Waals surface area contributed by atoms with Crippen LogP contribution in [0.25, 0.3) is 0 Å². The number of aliphatic hydroxyl groups excluding tert-OH is 2. The smallest absolute Gasteiger partial charge is 0.0779 e. The summed E-state index contributed by atoms with van der Waals surface area (Å²) in [5, 5.41) is 17.1. The van der Waals surface area contributed by atoms with Crippen molar-refractivity contribution >= 4 is 0 Å². The van der Waals surface area contributed by atoms with Crippen LogP contribution in [0.2, 0.25) is 0 Å². The quantitative estimate of drug-likeness (QED) is 0.303. The van der Waals surface area contributed by atoms with Gasteiger partial charge in [0.25, 0.3) is 0 Å². The Labute approximate surface area is 66.9 Å². The lowest BCUT2D eigenvalue weighted by molar-refractivity contribution is -0.0177. The molecule has 0 aliphatic heterocycles. The van der Waals surface area contributed by atoms with Gasteiger partial charge in [-0.15, -0.1) is 0 Å². The maximum atomic E-state index is 8.69. The predicted octanol–water partition coefficient (Wildman–Crippen LogP) is -1.42. The zero-order chi connectivity index (χ0) is 9.28. The van der Waals surface area contributed by atoms with E-state index in [1.807, 2.05) is 0 Å². The van der Waals surface area contributed by atoms with Crippen LogP contribution in [0.15, 0.2) is 0 Å². The van der Waals surface area contributed by atoms with E-state index >= 15 is 0 Å². The second-order valence-corrected chi connectivity index (χ2v) is 2.18. The molecule has 0 aliphatic rings. The van der Waals surface area contributed by atoms with Crippen LogP contribution >= 0.6 is 0 Å². The van der Waals surface area contributed by atoms with Crippen LogP contribution in [0, 0.1) is 0 Å². The van der Waals surface area contributed by atoms with Gasteiger partial charge in [0.1, 0.15) is 0 Å². The van der Waals surface area contributed by atoms with Crippen molar-refractivity contribution in [2.45, 2.75) is 26.1 Å². The molecule has 0 spiro atoms. The normalized spacial score (nSPS) is 14.7. The van der Waals surface area contributed by atoms with Gasteiger partial charge in [0.15, 0.2) is 0 Å².